The van der Waals surface area contributed by atoms with Crippen LogP contribution < -0.4 is 5.32 Å². The molecule has 0 bridgehead atoms. The summed E-state index contributed by atoms with van der Waals surface area (Å²) >= 11 is 0. The molecule has 1 N–H and O–H groups in total. The largest absolute Gasteiger partial charge is 0.466 e. The lowest BCUT2D eigenvalue weighted by atomic mass is 9.78. The Kier molecular flexibility index (Phi) is 4.66. The maximum Gasteiger partial charge on any atom is 0.419 e. The van der Waals surface area contributed by atoms with Crippen LogP contribution in [0.3, 0.4) is 0 Å². The Bertz CT molecular complexity index is 888. The topological polar surface area (TPSA) is 64.6 Å². The minimum absolute atomic E-state index is 0.0164. The van der Waals surface area contributed by atoms with Crippen molar-refractivity contribution in [1.82, 2.24) is 5.32 Å². The average molecular weight is 389 g/mol. The van der Waals surface area contributed by atoms with Gasteiger partial charge >= 0.3 is 18.1 Å². The molecule has 2 aliphatic heterocycles. The van der Waals surface area contributed by atoms with Gasteiger partial charge in [0.15, 0.2) is 0 Å². The van der Waals surface area contributed by atoms with Gasteiger partial charge in [0, 0.05) is 0 Å². The van der Waals surface area contributed by atoms with E-state index in [9.17, 15) is 31.5 Å². The van der Waals surface area contributed by atoms with Gasteiger partial charge in [-0.1, -0.05) is 12.1 Å². The molecule has 0 saturated heterocycles. The van der Waals surface area contributed by atoms with Crippen LogP contribution in [0.1, 0.15) is 17.0 Å². The van der Waals surface area contributed by atoms with E-state index >= 15 is 0 Å². The van der Waals surface area contributed by atoms with E-state index in [1.807, 2.05) is 0 Å². The minimum Gasteiger partial charge on any atom is -0.466 e. The van der Waals surface area contributed by atoms with Gasteiger partial charge in [0.1, 0.15) is 19.1 Å². The molecule has 0 aromatic heterocycles. The van der Waals surface area contributed by atoms with E-state index in [1.54, 1.807) is 0 Å². The fourth-order valence-electron chi connectivity index (χ4n) is 3.23. The van der Waals surface area contributed by atoms with Gasteiger partial charge in [-0.2, -0.15) is 13.2 Å². The molecule has 5 nitrogen and oxygen atoms in total. The lowest BCUT2D eigenvalue weighted by Crippen LogP contribution is -2.33. The van der Waals surface area contributed by atoms with Gasteiger partial charge in [-0.15, -0.1) is 0 Å². The van der Waals surface area contributed by atoms with E-state index in [1.165, 1.54) is 0 Å². The first-order valence-corrected chi connectivity index (χ1v) is 7.60. The van der Waals surface area contributed by atoms with E-state index < -0.39 is 53.2 Å². The van der Waals surface area contributed by atoms with Crippen LogP contribution in [0.4, 0.5) is 22.0 Å². The number of allylic oxidation sites excluding steroid dienone is 1. The highest BCUT2D eigenvalue weighted by Crippen LogP contribution is 2.46. The van der Waals surface area contributed by atoms with E-state index in [4.69, 9.17) is 4.74 Å². The van der Waals surface area contributed by atoms with Gasteiger partial charge in [0.25, 0.3) is 0 Å². The number of methoxy groups -OCH3 is 1. The first-order chi connectivity index (χ1) is 12.7. The summed E-state index contributed by atoms with van der Waals surface area (Å²) in [5.74, 6) is -5.41. The molecule has 0 unspecified atom stereocenters. The van der Waals surface area contributed by atoms with E-state index in [2.05, 4.69) is 10.1 Å². The molecule has 0 amide bonds. The van der Waals surface area contributed by atoms with Crippen molar-refractivity contribution in [3.8, 4) is 0 Å². The van der Waals surface area contributed by atoms with Crippen molar-refractivity contribution in [2.45, 2.75) is 12.1 Å². The molecule has 144 valence electrons. The molecule has 1 atom stereocenters. The molecule has 27 heavy (non-hydrogen) atoms. The lowest BCUT2D eigenvalue weighted by molar-refractivity contribution is -0.142. The van der Waals surface area contributed by atoms with Gasteiger partial charge in [-0.3, -0.25) is 0 Å². The third-order valence-electron chi connectivity index (χ3n) is 4.28. The highest BCUT2D eigenvalue weighted by molar-refractivity contribution is 6.01. The zero-order valence-electron chi connectivity index (χ0n) is 13.7. The summed E-state index contributed by atoms with van der Waals surface area (Å²) in [6, 6.07) is 2.54. The monoisotopic (exact) mass is 389 g/mol. The summed E-state index contributed by atoms with van der Waals surface area (Å²) in [7, 11) is 0.954. The van der Waals surface area contributed by atoms with E-state index in [0.29, 0.717) is 6.07 Å². The number of hydrogen-bond donors (Lipinski definition) is 1. The molecule has 2 heterocycles. The number of cyclic esters (lactones) is 1. The SMILES string of the molecule is COC(=O)C1=C(CF)NC2=C(C(=O)OC2)[C@H]1c1cccc(F)c1C(F)(F)F. The fourth-order valence-corrected chi connectivity index (χ4v) is 3.23. The van der Waals surface area contributed by atoms with Crippen LogP contribution in [0.25, 0.3) is 0 Å². The highest BCUT2D eigenvalue weighted by Gasteiger charge is 2.47. The summed E-state index contributed by atoms with van der Waals surface area (Å²) in [6.07, 6.45) is -5.12. The van der Waals surface area contributed by atoms with Crippen LogP contribution in [0.15, 0.2) is 40.7 Å². The molecule has 0 fully saturated rings. The van der Waals surface area contributed by atoms with Gasteiger partial charge in [-0.05, 0) is 11.6 Å². The predicted octanol–water partition coefficient (Wildman–Crippen LogP) is 2.74. The maximum atomic E-state index is 14.1. The molecule has 10 heteroatoms. The third-order valence-corrected chi connectivity index (χ3v) is 4.28. The van der Waals surface area contributed by atoms with Crippen molar-refractivity contribution < 1.29 is 41.0 Å². The zero-order valence-corrected chi connectivity index (χ0v) is 13.7. The maximum absolute atomic E-state index is 14.1. The van der Waals surface area contributed by atoms with Crippen molar-refractivity contribution in [3.63, 3.8) is 0 Å². The number of ether oxygens (including phenoxy) is 2. The highest BCUT2D eigenvalue weighted by atomic mass is 19.4. The summed E-state index contributed by atoms with van der Waals surface area (Å²) in [6.45, 7) is -1.58. The van der Waals surface area contributed by atoms with Crippen LogP contribution in [0, 0.1) is 5.82 Å². The number of carbonyl (C=O) groups is 2. The van der Waals surface area contributed by atoms with Crippen LogP contribution in [-0.4, -0.2) is 32.3 Å². The smallest absolute Gasteiger partial charge is 0.419 e. The number of hydrogen-bond acceptors (Lipinski definition) is 5. The number of benzene rings is 1. The zero-order chi connectivity index (χ0) is 19.9. The molecule has 0 saturated carbocycles. The quantitative estimate of drug-likeness (QED) is 0.636. The number of nitrogens with one attached hydrogen (secondary N) is 1. The van der Waals surface area contributed by atoms with Crippen LogP contribution in [-0.2, 0) is 25.2 Å². The molecule has 3 rings (SSSR count). The second-order valence-electron chi connectivity index (χ2n) is 5.75. The van der Waals surface area contributed by atoms with Gasteiger partial charge in [-0.25, -0.2) is 18.4 Å². The normalized spacial score (nSPS) is 19.6. The Balaban J connectivity index is 2.34. The number of dihydropyridines is 1. The van der Waals surface area contributed by atoms with Crippen molar-refractivity contribution >= 4 is 11.9 Å². The molecule has 1 aromatic carbocycles. The Hall–Kier alpha value is -2.91. The van der Waals surface area contributed by atoms with Gasteiger partial charge in [0.2, 0.25) is 0 Å². The van der Waals surface area contributed by atoms with Gasteiger partial charge < -0.3 is 14.8 Å². The number of esters is 2. The van der Waals surface area contributed by atoms with E-state index in [0.717, 1.165) is 19.2 Å². The van der Waals surface area contributed by atoms with Crippen LogP contribution in [0.5, 0.6) is 0 Å². The molecule has 0 spiro atoms. The Morgan fingerprint density at radius 1 is 1.37 bits per heavy atom. The Morgan fingerprint density at radius 2 is 2.07 bits per heavy atom. The second kappa shape index (κ2) is 6.67. The summed E-state index contributed by atoms with van der Waals surface area (Å²) in [5, 5.41) is 2.50. The van der Waals surface area contributed by atoms with Crippen LogP contribution >= 0.6 is 0 Å². The van der Waals surface area contributed by atoms with Gasteiger partial charge in [0.05, 0.1) is 41.1 Å². The first-order valence-electron chi connectivity index (χ1n) is 7.60. The standard InChI is InChI=1S/C17H12F5NO4/c1-26-15(24)12-9(5-18)23-10-6-27-16(25)13(10)11(12)7-3-2-4-8(19)14(7)17(20,21)22/h2-4,11,23H,5-6H2,1H3/t11-/m0/s1. The number of carbonyl (C=O) groups excluding carboxylic acids is 2. The molecule has 0 aliphatic carbocycles. The van der Waals surface area contributed by atoms with Crippen molar-refractivity contribution in [2.24, 2.45) is 0 Å². The van der Waals surface area contributed by atoms with E-state index in [-0.39, 0.29) is 23.6 Å². The van der Waals surface area contributed by atoms with Crippen molar-refractivity contribution in [1.29, 1.82) is 0 Å². The summed E-state index contributed by atoms with van der Waals surface area (Å²) in [5.41, 5.74) is -3.58. The number of rotatable bonds is 3. The molecule has 1 aromatic rings. The first kappa shape index (κ1) is 18.9. The predicted molar refractivity (Wildman–Crippen MR) is 80.3 cm³/mol. The molecular formula is C17H12F5NO4. The Morgan fingerprint density at radius 3 is 2.67 bits per heavy atom. The van der Waals surface area contributed by atoms with Crippen molar-refractivity contribution in [3.05, 3.63) is 57.7 Å². The van der Waals surface area contributed by atoms with Crippen LogP contribution in [0.2, 0.25) is 0 Å². The molecule has 2 aliphatic rings. The Labute approximate surface area is 149 Å². The van der Waals surface area contributed by atoms with Crippen molar-refractivity contribution in [2.75, 3.05) is 20.4 Å². The number of alkyl halides is 4. The molecular weight excluding hydrogens is 377 g/mol. The molecule has 0 radical (unpaired) electrons. The summed E-state index contributed by atoms with van der Waals surface area (Å²) in [4.78, 5) is 24.4. The lowest BCUT2D eigenvalue weighted by Gasteiger charge is -2.29. The minimum atomic E-state index is -5.12. The fraction of sp³-hybridized carbons (Fsp3) is 0.294. The second-order valence-corrected chi connectivity index (χ2v) is 5.75. The summed E-state index contributed by atoms with van der Waals surface area (Å²) < 4.78 is 77.4. The third kappa shape index (κ3) is 3.04. The number of halogens is 5. The average Bonchev–Trinajstić information content (AvgIpc) is 2.98.